The number of hydrogen-bond donors (Lipinski definition) is 0. The summed E-state index contributed by atoms with van der Waals surface area (Å²) in [4.78, 5) is 0. The van der Waals surface area contributed by atoms with Crippen molar-refractivity contribution in [2.75, 3.05) is 0 Å². The van der Waals surface area contributed by atoms with Gasteiger partial charge in [-0.3, -0.25) is 0 Å². The lowest BCUT2D eigenvalue weighted by molar-refractivity contribution is 0.664. The quantitative estimate of drug-likeness (QED) is 0.157. The van der Waals surface area contributed by atoms with Crippen LogP contribution in [0.25, 0.3) is 66.1 Å². The molecule has 1 heterocycles. The van der Waals surface area contributed by atoms with Crippen molar-refractivity contribution in [1.29, 1.82) is 0 Å². The molecule has 0 aliphatic heterocycles. The molecule has 1 nitrogen and oxygen atoms in total. The second-order valence-corrected chi connectivity index (χ2v) is 12.6. The topological polar surface area (TPSA) is 13.1 Å². The largest absolute Gasteiger partial charge is 0.455 e. The highest BCUT2D eigenvalue weighted by molar-refractivity contribution is 6.21. The average molecular weight is 709 g/mol. The lowest BCUT2D eigenvalue weighted by atomic mass is 9.80. The molecule has 0 N–H and O–H groups in total. The summed E-state index contributed by atoms with van der Waals surface area (Å²) in [5.41, 5.74) is -5.51. The van der Waals surface area contributed by atoms with Gasteiger partial charge in [0.2, 0.25) is 0 Å². The van der Waals surface area contributed by atoms with Crippen LogP contribution in [0.4, 0.5) is 0 Å². The van der Waals surface area contributed by atoms with Crippen LogP contribution in [0.15, 0.2) is 162 Å². The molecule has 0 amide bonds. The molecule has 0 saturated heterocycles. The summed E-state index contributed by atoms with van der Waals surface area (Å²) in [6.07, 6.45) is 0. The van der Waals surface area contributed by atoms with Crippen molar-refractivity contribution < 1.29 is 40.1 Å². The maximum absolute atomic E-state index is 10.1. The number of rotatable bonds is 6. The van der Waals surface area contributed by atoms with Crippen molar-refractivity contribution in [1.82, 2.24) is 0 Å². The molecular formula is C52H42O. The zero-order valence-electron chi connectivity index (χ0n) is 55.0. The number of hydrogen-bond acceptors (Lipinski definition) is 1. The monoisotopic (exact) mass is 708 g/mol. The highest BCUT2D eigenvalue weighted by atomic mass is 16.3. The Morgan fingerprint density at radius 2 is 1.08 bits per heavy atom. The van der Waals surface area contributed by atoms with Crippen LogP contribution in [-0.4, -0.2) is 0 Å². The van der Waals surface area contributed by atoms with E-state index in [4.69, 9.17) is 23.6 Å². The maximum atomic E-state index is 10.1. The van der Waals surface area contributed by atoms with Gasteiger partial charge in [0.1, 0.15) is 11.2 Å². The van der Waals surface area contributed by atoms with Crippen molar-refractivity contribution in [2.45, 2.75) is 40.5 Å². The van der Waals surface area contributed by atoms with Gasteiger partial charge in [-0.2, -0.15) is 0 Å². The molecule has 1 unspecified atom stereocenters. The molecule has 0 bridgehead atoms. The van der Waals surface area contributed by atoms with Gasteiger partial charge >= 0.3 is 0 Å². The fraction of sp³-hybridized carbons (Fsp3) is 0.115. The summed E-state index contributed by atoms with van der Waals surface area (Å²) in [7, 11) is 0. The zero-order chi connectivity index (χ0) is 58.8. The van der Waals surface area contributed by atoms with Crippen LogP contribution in [0.5, 0.6) is 0 Å². The van der Waals surface area contributed by atoms with Crippen LogP contribution in [0, 0.1) is 34.6 Å². The maximum Gasteiger partial charge on any atom is 0.143 e. The van der Waals surface area contributed by atoms with Gasteiger partial charge in [0, 0.05) is 27.6 Å². The highest BCUT2D eigenvalue weighted by Crippen LogP contribution is 2.46. The molecular weight excluding hydrogens is 641 g/mol. The van der Waals surface area contributed by atoms with Crippen molar-refractivity contribution in [3.05, 3.63) is 202 Å². The number of benzene rings is 8. The van der Waals surface area contributed by atoms with Crippen LogP contribution in [0.1, 0.15) is 86.1 Å². The summed E-state index contributed by atoms with van der Waals surface area (Å²) in [6, 6.07) is -20.4. The fourth-order valence-corrected chi connectivity index (χ4v) is 6.72. The molecule has 1 atom stereocenters. The van der Waals surface area contributed by atoms with E-state index < -0.39 is 212 Å². The van der Waals surface area contributed by atoms with Gasteiger partial charge in [0.05, 0.1) is 35.6 Å². The van der Waals surface area contributed by atoms with Crippen molar-refractivity contribution in [3.63, 3.8) is 0 Å². The summed E-state index contributed by atoms with van der Waals surface area (Å²) in [5.74, 6) is -2.17. The summed E-state index contributed by atoms with van der Waals surface area (Å²) in [5, 5.41) is -0.670. The average Bonchev–Trinajstić information content (AvgIpc) is 3.41. The lowest BCUT2D eigenvalue weighted by Gasteiger charge is -2.23. The van der Waals surface area contributed by atoms with Gasteiger partial charge in [-0.1, -0.05) is 145 Å². The Morgan fingerprint density at radius 1 is 0.415 bits per heavy atom. The molecule has 1 heteroatoms. The number of fused-ring (bicyclic) bond motifs is 5. The Balaban J connectivity index is 1.58. The Bertz CT molecular complexity index is 4210. The van der Waals surface area contributed by atoms with Gasteiger partial charge in [-0.05, 0) is 124 Å². The molecule has 0 saturated carbocycles. The van der Waals surface area contributed by atoms with Crippen LogP contribution in [-0.2, 0) is 0 Å². The third kappa shape index (κ3) is 5.56. The second kappa shape index (κ2) is 13.1. The van der Waals surface area contributed by atoms with E-state index in [0.717, 1.165) is 0 Å². The van der Waals surface area contributed by atoms with E-state index in [9.17, 15) is 16.4 Å². The molecule has 9 rings (SSSR count). The highest BCUT2D eigenvalue weighted by Gasteiger charge is 2.26. The summed E-state index contributed by atoms with van der Waals surface area (Å²) < 4.78 is 243. The van der Waals surface area contributed by atoms with E-state index in [1.54, 1.807) is 13.8 Å². The number of aryl methyl sites for hydroxylation is 2. The Morgan fingerprint density at radius 3 is 1.83 bits per heavy atom. The Kier molecular flexibility index (Phi) is 3.72. The van der Waals surface area contributed by atoms with Gasteiger partial charge in [0.15, 0.2) is 0 Å². The minimum Gasteiger partial charge on any atom is -0.455 e. The molecule has 0 fully saturated rings. The van der Waals surface area contributed by atoms with Crippen LogP contribution in [0.3, 0.4) is 0 Å². The first kappa shape index (κ1) is 15.0. The molecule has 0 aliphatic rings. The minimum absolute atomic E-state index is 0.0321. The molecule has 0 radical (unpaired) electrons. The third-order valence-electron chi connectivity index (χ3n) is 9.38. The third-order valence-corrected chi connectivity index (χ3v) is 9.38. The van der Waals surface area contributed by atoms with Gasteiger partial charge in [-0.15, -0.1) is 0 Å². The zero-order valence-corrected chi connectivity index (χ0v) is 29.0. The molecule has 53 heavy (non-hydrogen) atoms. The SMILES string of the molecule is [2H]c1c([2H])c([2H])c(-c2c([2H])c([2H])c(C(c3c([2H])c(-c4c([2H])c([2H])c([2H])c([2H])c4C)c([2H])c([2H])c3C)c3c([2H])c([2H])c([2H])c4c3oc3c5c(C)c([2H])c(C)c(C)c5c(-c5c([2H])c([2H])c([2H])c([2H])c5[2H])c([2H])c34)c([2H])c2[2H])c([2H])c1[2H]. The first-order valence-electron chi connectivity index (χ1n) is 29.5. The molecule has 0 spiro atoms. The first-order chi connectivity index (χ1) is 36.7. The Hall–Kier alpha value is -6.18. The Labute approximate surface area is 348 Å². The standard InChI is InChI=1S/C52H42O/c1-32-15-12-13-20-42(32)41-24-23-33(2)45(30-41)50(40-27-25-38(26-28-40)37-16-8-6-9-17-37)44-22-14-21-43-47-31-46(39-18-10-7-11-19-39)49-36(5)34(3)29-35(4)48(49)52(47)53-51(43)44/h6-31,50H,1-5H3/i6D,7D,8D,9D,10D,11D,12D,13D,14D,15D,16D,17D,18D,19D,20D,21D,22D,23D,24D,25D,26D,27D,28D,29D,30D,31D. The number of furan rings is 1. The van der Waals surface area contributed by atoms with Crippen molar-refractivity contribution in [3.8, 4) is 33.4 Å². The van der Waals surface area contributed by atoms with Crippen LogP contribution >= 0.6 is 0 Å². The molecule has 256 valence electrons. The van der Waals surface area contributed by atoms with Crippen LogP contribution < -0.4 is 0 Å². The predicted octanol–water partition coefficient (Wildman–Crippen LogP) is 14.5. The molecule has 0 aliphatic carbocycles. The summed E-state index contributed by atoms with van der Waals surface area (Å²) >= 11 is 0. The first-order valence-corrected chi connectivity index (χ1v) is 16.5. The van der Waals surface area contributed by atoms with E-state index in [1.807, 2.05) is 0 Å². The van der Waals surface area contributed by atoms with Crippen LogP contribution in [0.2, 0.25) is 0 Å². The normalized spacial score (nSPS) is 19.0. The minimum atomic E-state index is -2.17. The van der Waals surface area contributed by atoms with E-state index in [-0.39, 0.29) is 50.0 Å². The number of para-hydroxylation sites is 1. The van der Waals surface area contributed by atoms with E-state index >= 15 is 0 Å². The molecule has 1 aromatic heterocycles. The predicted molar refractivity (Wildman–Crippen MR) is 225 cm³/mol. The lowest BCUT2D eigenvalue weighted by Crippen LogP contribution is -2.06. The molecule has 8 aromatic carbocycles. The fourth-order valence-electron chi connectivity index (χ4n) is 6.72. The van der Waals surface area contributed by atoms with Gasteiger partial charge in [0.25, 0.3) is 0 Å². The van der Waals surface area contributed by atoms with E-state index in [2.05, 4.69) is 0 Å². The van der Waals surface area contributed by atoms with E-state index in [0.29, 0.717) is 11.1 Å². The smallest absolute Gasteiger partial charge is 0.143 e. The summed E-state index contributed by atoms with van der Waals surface area (Å²) in [6.45, 7) is 7.25. The van der Waals surface area contributed by atoms with Gasteiger partial charge < -0.3 is 4.42 Å². The molecule has 9 aromatic rings. The van der Waals surface area contributed by atoms with Gasteiger partial charge in [-0.25, -0.2) is 0 Å². The van der Waals surface area contributed by atoms with E-state index in [1.165, 1.54) is 20.8 Å². The van der Waals surface area contributed by atoms with Crippen molar-refractivity contribution >= 4 is 32.7 Å². The van der Waals surface area contributed by atoms with Crippen molar-refractivity contribution in [2.24, 2.45) is 0 Å². The second-order valence-electron chi connectivity index (χ2n) is 12.6.